The molecular formula is C20H13N6O3PS2. The van der Waals surface area contributed by atoms with E-state index in [4.69, 9.17) is 9.05 Å². The van der Waals surface area contributed by atoms with Crippen molar-refractivity contribution in [3.8, 4) is 11.5 Å². The number of rotatable bonds is 4. The molecule has 2 aromatic heterocycles. The monoisotopic (exact) mass is 480 g/mol. The maximum absolute atomic E-state index is 12.6. The maximum atomic E-state index is 12.6. The van der Waals surface area contributed by atoms with Crippen LogP contribution in [0.15, 0.2) is 81.0 Å². The Balaban J connectivity index is 1.15. The van der Waals surface area contributed by atoms with Crippen LogP contribution in [-0.2, 0) is 4.57 Å². The van der Waals surface area contributed by atoms with Crippen LogP contribution in [0.1, 0.15) is 0 Å². The number of nitrogens with zero attached hydrogens (tertiary/aromatic N) is 4. The minimum Gasteiger partial charge on any atom is -0.418 e. The first-order valence-electron chi connectivity index (χ1n) is 9.41. The molecule has 158 valence electrons. The second kappa shape index (κ2) is 8.01. The number of fused-ring (bicyclic) bond motifs is 4. The Labute approximate surface area is 191 Å². The molecule has 0 amide bonds. The van der Waals surface area contributed by atoms with E-state index in [9.17, 15) is 4.57 Å². The van der Waals surface area contributed by atoms with Crippen LogP contribution in [0.3, 0.4) is 0 Å². The number of benzene rings is 2. The molecule has 4 aromatic rings. The van der Waals surface area contributed by atoms with E-state index >= 15 is 0 Å². The van der Waals surface area contributed by atoms with Gasteiger partial charge in [0, 0.05) is 46.7 Å². The largest absolute Gasteiger partial charge is 0.418 e. The van der Waals surface area contributed by atoms with E-state index in [2.05, 4.69) is 30.6 Å². The third-order valence-electron chi connectivity index (χ3n) is 4.55. The molecule has 6 rings (SSSR count). The lowest BCUT2D eigenvalue weighted by Crippen LogP contribution is -2.04. The normalized spacial score (nSPS) is 13.0. The van der Waals surface area contributed by atoms with Gasteiger partial charge in [0.15, 0.2) is 11.6 Å². The minimum atomic E-state index is -2.84. The highest BCUT2D eigenvalue weighted by atomic mass is 32.2. The van der Waals surface area contributed by atoms with E-state index in [0.717, 1.165) is 31.2 Å². The first-order valence-corrected chi connectivity index (χ1v) is 12.3. The Kier molecular flexibility index (Phi) is 4.86. The average molecular weight is 480 g/mol. The summed E-state index contributed by atoms with van der Waals surface area (Å²) in [5, 5.41) is 8.05. The SMILES string of the molecule is O=[PH](Oc1ccc2c(c1)Nc1nccnc1S2)Oc1ccc2c(c1)Nc1nccnc1S2. The van der Waals surface area contributed by atoms with Gasteiger partial charge in [-0.1, -0.05) is 23.5 Å². The van der Waals surface area contributed by atoms with Crippen LogP contribution < -0.4 is 19.7 Å². The molecule has 0 atom stereocenters. The molecular weight excluding hydrogens is 467 g/mol. The van der Waals surface area contributed by atoms with Crippen LogP contribution >= 0.6 is 31.8 Å². The highest BCUT2D eigenvalue weighted by Gasteiger charge is 2.20. The molecule has 0 unspecified atom stereocenters. The van der Waals surface area contributed by atoms with Gasteiger partial charge in [-0.2, -0.15) is 0 Å². The van der Waals surface area contributed by atoms with Crippen molar-refractivity contribution >= 4 is 54.8 Å². The van der Waals surface area contributed by atoms with Gasteiger partial charge in [-0.15, -0.1) is 0 Å². The molecule has 0 spiro atoms. The summed E-state index contributed by atoms with van der Waals surface area (Å²) >= 11 is 3.02. The summed E-state index contributed by atoms with van der Waals surface area (Å²) in [6, 6.07) is 10.8. The fraction of sp³-hybridized carbons (Fsp3) is 0. The van der Waals surface area contributed by atoms with E-state index < -0.39 is 8.25 Å². The Morgan fingerprint density at radius 1 is 0.688 bits per heavy atom. The Morgan fingerprint density at radius 2 is 1.16 bits per heavy atom. The third-order valence-corrected chi connectivity index (χ3v) is 7.49. The van der Waals surface area contributed by atoms with Crippen molar-refractivity contribution < 1.29 is 13.6 Å². The van der Waals surface area contributed by atoms with Gasteiger partial charge in [0.1, 0.15) is 21.6 Å². The third kappa shape index (κ3) is 3.75. The lowest BCUT2D eigenvalue weighted by molar-refractivity contribution is 0.415. The second-order valence-corrected chi connectivity index (χ2v) is 9.61. The Bertz CT molecular complexity index is 1290. The Morgan fingerprint density at radius 3 is 1.66 bits per heavy atom. The second-order valence-electron chi connectivity index (χ2n) is 6.64. The summed E-state index contributed by atoms with van der Waals surface area (Å²) in [5.41, 5.74) is 1.62. The zero-order valence-electron chi connectivity index (χ0n) is 16.1. The molecule has 12 heteroatoms. The number of hydrogen-bond acceptors (Lipinski definition) is 11. The molecule has 2 aliphatic rings. The molecule has 0 bridgehead atoms. The number of nitrogens with one attached hydrogen (secondary N) is 2. The van der Waals surface area contributed by atoms with Crippen molar-refractivity contribution in [2.75, 3.05) is 10.6 Å². The standard InChI is InChI=1S/C20H13N6O3PS2/c27-30(28-11-1-3-15-13(9-11)25-17-19(31-15)23-7-5-21-17)29-12-2-4-16-14(10-12)26-18-20(32-16)24-8-6-22-18/h1-10,30H,(H,21,25)(H,22,26). The molecule has 0 fully saturated rings. The molecule has 0 aliphatic carbocycles. The molecule has 0 radical (unpaired) electrons. The summed E-state index contributed by atoms with van der Waals surface area (Å²) in [5.74, 6) is 2.22. The molecule has 9 nitrogen and oxygen atoms in total. The van der Waals surface area contributed by atoms with Gasteiger partial charge in [-0.3, -0.25) is 0 Å². The van der Waals surface area contributed by atoms with Gasteiger partial charge in [-0.05, 0) is 24.3 Å². The highest BCUT2D eigenvalue weighted by Crippen LogP contribution is 2.46. The summed E-state index contributed by atoms with van der Waals surface area (Å²) < 4.78 is 23.7. The molecule has 4 heterocycles. The van der Waals surface area contributed by atoms with Crippen LogP contribution in [-0.4, -0.2) is 19.9 Å². The van der Waals surface area contributed by atoms with Crippen molar-refractivity contribution in [3.05, 3.63) is 61.2 Å². The minimum absolute atomic E-state index is 0.434. The first-order chi connectivity index (χ1) is 15.7. The maximum Gasteiger partial charge on any atom is 0.418 e. The number of hydrogen-bond donors (Lipinski definition) is 2. The molecule has 0 saturated heterocycles. The Hall–Kier alpha value is -3.27. The molecule has 2 aliphatic heterocycles. The summed E-state index contributed by atoms with van der Waals surface area (Å²) in [6.07, 6.45) is 6.56. The predicted octanol–water partition coefficient (Wildman–Crippen LogP) is 5.53. The topological polar surface area (TPSA) is 111 Å². The van der Waals surface area contributed by atoms with Crippen LogP contribution in [0.2, 0.25) is 0 Å². The van der Waals surface area contributed by atoms with E-state index in [0.29, 0.717) is 23.1 Å². The average Bonchev–Trinajstić information content (AvgIpc) is 2.81. The predicted molar refractivity (Wildman–Crippen MR) is 122 cm³/mol. The number of anilines is 4. The van der Waals surface area contributed by atoms with Gasteiger partial charge in [0.25, 0.3) is 0 Å². The molecule has 2 aromatic carbocycles. The zero-order valence-corrected chi connectivity index (χ0v) is 18.7. The fourth-order valence-corrected chi connectivity index (χ4v) is 5.60. The van der Waals surface area contributed by atoms with E-state index in [-0.39, 0.29) is 0 Å². The van der Waals surface area contributed by atoms with Gasteiger partial charge in [-0.25, -0.2) is 24.5 Å². The van der Waals surface area contributed by atoms with Crippen molar-refractivity contribution in [2.24, 2.45) is 0 Å². The van der Waals surface area contributed by atoms with E-state index in [1.54, 1.807) is 49.1 Å². The lowest BCUT2D eigenvalue weighted by Gasteiger charge is -2.20. The highest BCUT2D eigenvalue weighted by molar-refractivity contribution is 7.99. The molecule has 32 heavy (non-hydrogen) atoms. The van der Waals surface area contributed by atoms with Crippen LogP contribution in [0.5, 0.6) is 11.5 Å². The smallest absolute Gasteiger partial charge is 0.418 e. The van der Waals surface area contributed by atoms with Crippen LogP contribution in [0.4, 0.5) is 23.0 Å². The summed E-state index contributed by atoms with van der Waals surface area (Å²) in [7, 11) is -2.84. The van der Waals surface area contributed by atoms with Gasteiger partial charge in [0.05, 0.1) is 11.4 Å². The van der Waals surface area contributed by atoms with Crippen molar-refractivity contribution in [2.45, 2.75) is 19.8 Å². The van der Waals surface area contributed by atoms with Crippen molar-refractivity contribution in [3.63, 3.8) is 0 Å². The molecule has 0 saturated carbocycles. The zero-order chi connectivity index (χ0) is 21.5. The van der Waals surface area contributed by atoms with Gasteiger partial charge >= 0.3 is 8.25 Å². The summed E-state index contributed by atoms with van der Waals surface area (Å²) in [6.45, 7) is 0. The van der Waals surface area contributed by atoms with Crippen molar-refractivity contribution in [1.29, 1.82) is 0 Å². The molecule has 2 N–H and O–H groups in total. The van der Waals surface area contributed by atoms with E-state index in [1.807, 2.05) is 12.1 Å². The number of aromatic nitrogens is 4. The van der Waals surface area contributed by atoms with Gasteiger partial charge < -0.3 is 19.7 Å². The first kappa shape index (κ1) is 19.4. The van der Waals surface area contributed by atoms with Crippen LogP contribution in [0, 0.1) is 0 Å². The fourth-order valence-electron chi connectivity index (χ4n) is 3.17. The quantitative estimate of drug-likeness (QED) is 0.311. The van der Waals surface area contributed by atoms with Gasteiger partial charge in [0.2, 0.25) is 0 Å². The van der Waals surface area contributed by atoms with Crippen LogP contribution in [0.25, 0.3) is 0 Å². The van der Waals surface area contributed by atoms with Crippen molar-refractivity contribution in [1.82, 2.24) is 19.9 Å². The lowest BCUT2D eigenvalue weighted by atomic mass is 10.3. The summed E-state index contributed by atoms with van der Waals surface area (Å²) in [4.78, 5) is 19.1. The van der Waals surface area contributed by atoms with E-state index in [1.165, 1.54) is 23.5 Å².